The Kier molecular flexibility index (Phi) is 4.01. The molecule has 0 unspecified atom stereocenters. The Hall–Kier alpha value is -2.83. The maximum absolute atomic E-state index is 13.7. The Morgan fingerprint density at radius 1 is 0.957 bits per heavy atom. The van der Waals surface area contributed by atoms with Crippen LogP contribution in [0.3, 0.4) is 0 Å². The number of nitrogens with zero attached hydrogens (tertiary/aromatic N) is 6. The zero-order chi connectivity index (χ0) is 16.4. The van der Waals surface area contributed by atoms with Crippen LogP contribution in [-0.4, -0.2) is 41.1 Å². The summed E-state index contributed by atoms with van der Waals surface area (Å²) in [6.07, 6.45) is 2.91. The molecule has 0 N–H and O–H groups in total. The predicted octanol–water partition coefficient (Wildman–Crippen LogP) is 2.26. The molecule has 6 nitrogen and oxygen atoms in total. The van der Waals surface area contributed by atoms with Crippen molar-refractivity contribution in [2.75, 3.05) is 30.9 Å². The van der Waals surface area contributed by atoms with Crippen LogP contribution in [0.2, 0.25) is 0 Å². The van der Waals surface area contributed by atoms with Gasteiger partial charge in [0.25, 0.3) is 0 Å². The van der Waals surface area contributed by atoms with Gasteiger partial charge < -0.3 is 9.80 Å². The Morgan fingerprint density at radius 2 is 1.70 bits per heavy atom. The van der Waals surface area contributed by atoms with E-state index in [2.05, 4.69) is 19.9 Å². The lowest BCUT2D eigenvalue weighted by atomic mass is 10.3. The number of rotatable bonds is 4. The third kappa shape index (κ3) is 3.18. The van der Waals surface area contributed by atoms with Crippen molar-refractivity contribution >= 4 is 22.8 Å². The highest BCUT2D eigenvalue weighted by molar-refractivity contribution is 5.73. The molecular weight excluding hydrogens is 295 g/mol. The van der Waals surface area contributed by atoms with Crippen LogP contribution in [0.1, 0.15) is 5.69 Å². The normalized spacial score (nSPS) is 10.8. The van der Waals surface area contributed by atoms with E-state index >= 15 is 0 Å². The average Bonchev–Trinajstić information content (AvgIpc) is 2.54. The third-order valence-corrected chi connectivity index (χ3v) is 3.38. The van der Waals surface area contributed by atoms with Crippen molar-refractivity contribution in [1.82, 2.24) is 19.9 Å². The van der Waals surface area contributed by atoms with Gasteiger partial charge in [-0.15, -0.1) is 0 Å². The fourth-order valence-electron chi connectivity index (χ4n) is 2.23. The van der Waals surface area contributed by atoms with Crippen LogP contribution in [0.5, 0.6) is 0 Å². The minimum atomic E-state index is -0.447. The first-order valence-corrected chi connectivity index (χ1v) is 7.16. The Bertz CT molecular complexity index is 836. The first kappa shape index (κ1) is 15.1. The van der Waals surface area contributed by atoms with Crippen LogP contribution in [0.15, 0.2) is 36.7 Å². The summed E-state index contributed by atoms with van der Waals surface area (Å²) in [5.74, 6) is 0.245. The van der Waals surface area contributed by atoms with Gasteiger partial charge in [0.15, 0.2) is 11.6 Å². The molecule has 23 heavy (non-hydrogen) atoms. The van der Waals surface area contributed by atoms with Gasteiger partial charge in [0, 0.05) is 21.1 Å². The highest BCUT2D eigenvalue weighted by Gasteiger charge is 2.12. The van der Waals surface area contributed by atoms with E-state index in [0.29, 0.717) is 12.5 Å². The van der Waals surface area contributed by atoms with E-state index in [9.17, 15) is 4.39 Å². The molecule has 0 radical (unpaired) electrons. The van der Waals surface area contributed by atoms with Crippen LogP contribution in [0.25, 0.3) is 11.0 Å². The minimum Gasteiger partial charge on any atom is -0.360 e. The number of aromatic nitrogens is 4. The molecule has 0 atom stereocenters. The van der Waals surface area contributed by atoms with E-state index < -0.39 is 5.82 Å². The topological polar surface area (TPSA) is 58.0 Å². The molecule has 0 spiro atoms. The quantitative estimate of drug-likeness (QED) is 0.736. The first-order chi connectivity index (χ1) is 11.0. The molecule has 1 aromatic carbocycles. The van der Waals surface area contributed by atoms with Gasteiger partial charge in [-0.3, -0.25) is 4.98 Å². The maximum Gasteiger partial charge on any atom is 0.227 e. The SMILES string of the molecule is CN(C)c1nc(N(C)Cc2cnc3ccccc3n2)ncc1F. The fraction of sp³-hybridized carbons (Fsp3) is 0.250. The number of para-hydroxylation sites is 2. The molecule has 0 saturated carbocycles. The van der Waals surface area contributed by atoms with Crippen molar-refractivity contribution in [2.45, 2.75) is 6.54 Å². The second-order valence-electron chi connectivity index (χ2n) is 5.44. The molecule has 2 aromatic heterocycles. The molecule has 0 aliphatic rings. The summed E-state index contributed by atoms with van der Waals surface area (Å²) in [7, 11) is 5.32. The summed E-state index contributed by atoms with van der Waals surface area (Å²) in [5.41, 5.74) is 2.49. The Labute approximate surface area is 133 Å². The highest BCUT2D eigenvalue weighted by Crippen LogP contribution is 2.18. The smallest absolute Gasteiger partial charge is 0.227 e. The van der Waals surface area contributed by atoms with Crippen molar-refractivity contribution in [1.29, 1.82) is 0 Å². The van der Waals surface area contributed by atoms with Crippen molar-refractivity contribution in [3.05, 3.63) is 48.2 Å². The molecule has 7 heteroatoms. The first-order valence-electron chi connectivity index (χ1n) is 7.16. The Morgan fingerprint density at radius 3 is 2.43 bits per heavy atom. The molecule has 118 valence electrons. The molecular formula is C16H17FN6. The van der Waals surface area contributed by atoms with Gasteiger partial charge in [-0.05, 0) is 12.1 Å². The van der Waals surface area contributed by atoms with Crippen molar-refractivity contribution in [2.24, 2.45) is 0 Å². The zero-order valence-corrected chi connectivity index (χ0v) is 13.2. The number of halogens is 1. The molecule has 0 fully saturated rings. The molecule has 0 aliphatic carbocycles. The minimum absolute atomic E-state index is 0.256. The summed E-state index contributed by atoms with van der Waals surface area (Å²) in [6.45, 7) is 0.482. The van der Waals surface area contributed by atoms with E-state index in [0.717, 1.165) is 16.7 Å². The zero-order valence-electron chi connectivity index (χ0n) is 13.2. The number of hydrogen-bond donors (Lipinski definition) is 0. The lowest BCUT2D eigenvalue weighted by molar-refractivity contribution is 0.610. The molecule has 0 amide bonds. The molecule has 3 aromatic rings. The summed E-state index contributed by atoms with van der Waals surface area (Å²) in [6, 6.07) is 7.70. The van der Waals surface area contributed by atoms with Crippen molar-refractivity contribution < 1.29 is 4.39 Å². The molecule has 2 heterocycles. The van der Waals surface area contributed by atoms with Gasteiger partial charge in [-0.1, -0.05) is 12.1 Å². The number of benzene rings is 1. The van der Waals surface area contributed by atoms with E-state index in [1.54, 1.807) is 25.2 Å². The largest absolute Gasteiger partial charge is 0.360 e. The second-order valence-corrected chi connectivity index (χ2v) is 5.44. The highest BCUT2D eigenvalue weighted by atomic mass is 19.1. The monoisotopic (exact) mass is 312 g/mol. The number of anilines is 2. The molecule has 3 rings (SSSR count). The average molecular weight is 312 g/mol. The van der Waals surface area contributed by atoms with E-state index in [1.807, 2.05) is 36.2 Å². The Balaban J connectivity index is 1.85. The van der Waals surface area contributed by atoms with Gasteiger partial charge in [-0.25, -0.2) is 14.4 Å². The van der Waals surface area contributed by atoms with Crippen LogP contribution >= 0.6 is 0 Å². The van der Waals surface area contributed by atoms with Gasteiger partial charge in [0.2, 0.25) is 5.95 Å². The number of hydrogen-bond acceptors (Lipinski definition) is 6. The van der Waals surface area contributed by atoms with Crippen LogP contribution in [0.4, 0.5) is 16.2 Å². The summed E-state index contributed by atoms with van der Waals surface area (Å²) in [4.78, 5) is 20.7. The van der Waals surface area contributed by atoms with E-state index in [4.69, 9.17) is 0 Å². The summed E-state index contributed by atoms with van der Waals surface area (Å²) >= 11 is 0. The maximum atomic E-state index is 13.7. The molecule has 0 aliphatic heterocycles. The van der Waals surface area contributed by atoms with Gasteiger partial charge in [0.05, 0.1) is 35.7 Å². The van der Waals surface area contributed by atoms with E-state index in [-0.39, 0.29) is 5.82 Å². The number of fused-ring (bicyclic) bond motifs is 1. The lowest BCUT2D eigenvalue weighted by Crippen LogP contribution is -2.22. The lowest BCUT2D eigenvalue weighted by Gasteiger charge is -2.19. The van der Waals surface area contributed by atoms with Gasteiger partial charge >= 0.3 is 0 Å². The summed E-state index contributed by atoms with van der Waals surface area (Å²) < 4.78 is 13.7. The van der Waals surface area contributed by atoms with Gasteiger partial charge in [0.1, 0.15) is 0 Å². The van der Waals surface area contributed by atoms with Crippen LogP contribution in [0, 0.1) is 5.82 Å². The molecule has 0 bridgehead atoms. The van der Waals surface area contributed by atoms with E-state index in [1.165, 1.54) is 6.20 Å². The summed E-state index contributed by atoms with van der Waals surface area (Å²) in [5, 5.41) is 0. The van der Waals surface area contributed by atoms with Crippen LogP contribution in [-0.2, 0) is 6.54 Å². The third-order valence-electron chi connectivity index (χ3n) is 3.38. The standard InChI is InChI=1S/C16H17FN6/c1-22(2)15-12(17)9-19-16(21-15)23(3)10-11-8-18-13-6-4-5-7-14(13)20-11/h4-9H,10H2,1-3H3. The van der Waals surface area contributed by atoms with Crippen molar-refractivity contribution in [3.8, 4) is 0 Å². The van der Waals surface area contributed by atoms with Crippen LogP contribution < -0.4 is 9.80 Å². The molecule has 0 saturated heterocycles. The van der Waals surface area contributed by atoms with Crippen molar-refractivity contribution in [3.63, 3.8) is 0 Å². The second kappa shape index (κ2) is 6.12. The van der Waals surface area contributed by atoms with Gasteiger partial charge in [-0.2, -0.15) is 4.98 Å². The predicted molar refractivity (Wildman–Crippen MR) is 88.0 cm³/mol. The fourth-order valence-corrected chi connectivity index (χ4v) is 2.23.